The monoisotopic (exact) mass is 361 g/mol. The molecule has 0 saturated carbocycles. The van der Waals surface area contributed by atoms with Gasteiger partial charge in [-0.3, -0.25) is 0 Å². The van der Waals surface area contributed by atoms with E-state index in [0.29, 0.717) is 5.56 Å². The van der Waals surface area contributed by atoms with Crippen molar-refractivity contribution in [1.29, 1.82) is 10.5 Å². The molecule has 0 unspecified atom stereocenters. The van der Waals surface area contributed by atoms with E-state index >= 15 is 0 Å². The van der Waals surface area contributed by atoms with E-state index in [2.05, 4.69) is 39.5 Å². The Morgan fingerprint density at radius 1 is 0.857 bits per heavy atom. The van der Waals surface area contributed by atoms with Crippen molar-refractivity contribution >= 4 is 5.71 Å². The lowest BCUT2D eigenvalue weighted by molar-refractivity contribution is 0.459. The lowest BCUT2D eigenvalue weighted by Crippen LogP contribution is -2.29. The minimum Gasteiger partial charge on any atom is -0.192 e. The molecule has 5 nitrogen and oxygen atoms in total. The summed E-state index contributed by atoms with van der Waals surface area (Å²) in [5.74, 6) is 0. The highest BCUT2D eigenvalue weighted by Gasteiger charge is 2.47. The van der Waals surface area contributed by atoms with Crippen LogP contribution in [0.25, 0.3) is 11.1 Å². The minimum atomic E-state index is -0.196. The van der Waals surface area contributed by atoms with Gasteiger partial charge < -0.3 is 0 Å². The summed E-state index contributed by atoms with van der Waals surface area (Å²) in [4.78, 5) is 4.28. The lowest BCUT2D eigenvalue weighted by atomic mass is 9.80. The molecule has 2 aromatic carbocycles. The number of aliphatic imine (C=N–C) groups is 1. The first-order chi connectivity index (χ1) is 13.7. The standard InChI is InChI=1S/C23H15N5/c24-11-15-2-1-3-16(6-15)17-4-5-18-8-23(22(26-14-25)21(18)7-17)9-19-12-27-28-13-20(19)10-23/h1-7,12-13H,8-10H2/b26-22+. The van der Waals surface area contributed by atoms with Crippen LogP contribution in [0.4, 0.5) is 0 Å². The van der Waals surface area contributed by atoms with Gasteiger partial charge in [0.25, 0.3) is 0 Å². The molecule has 132 valence electrons. The largest absolute Gasteiger partial charge is 0.205 e. The van der Waals surface area contributed by atoms with Crippen molar-refractivity contribution in [3.8, 4) is 23.4 Å². The summed E-state index contributed by atoms with van der Waals surface area (Å²) in [5.41, 5.74) is 7.94. The van der Waals surface area contributed by atoms with Crippen LogP contribution in [-0.4, -0.2) is 15.9 Å². The van der Waals surface area contributed by atoms with Crippen molar-refractivity contribution in [3.05, 3.63) is 82.7 Å². The number of fused-ring (bicyclic) bond motifs is 2. The number of aromatic nitrogens is 2. The molecule has 0 aliphatic heterocycles. The second kappa shape index (κ2) is 6.11. The molecule has 2 aliphatic carbocycles. The van der Waals surface area contributed by atoms with Crippen molar-refractivity contribution in [2.75, 3.05) is 0 Å². The Morgan fingerprint density at radius 3 is 2.29 bits per heavy atom. The van der Waals surface area contributed by atoms with Crippen LogP contribution >= 0.6 is 0 Å². The number of benzene rings is 2. The van der Waals surface area contributed by atoms with Gasteiger partial charge >= 0.3 is 0 Å². The van der Waals surface area contributed by atoms with Gasteiger partial charge in [0.05, 0.1) is 29.7 Å². The molecule has 1 aromatic heterocycles. The van der Waals surface area contributed by atoms with Crippen molar-refractivity contribution in [2.45, 2.75) is 19.3 Å². The molecule has 5 heteroatoms. The van der Waals surface area contributed by atoms with Crippen molar-refractivity contribution in [2.24, 2.45) is 10.4 Å². The van der Waals surface area contributed by atoms with Crippen LogP contribution in [0.1, 0.15) is 27.8 Å². The normalized spacial score (nSPS) is 17.1. The molecule has 3 aromatic rings. The highest BCUT2D eigenvalue weighted by molar-refractivity contribution is 6.10. The maximum absolute atomic E-state index is 9.37. The zero-order valence-electron chi connectivity index (χ0n) is 15.1. The first-order valence-corrected chi connectivity index (χ1v) is 9.12. The third kappa shape index (κ3) is 2.41. The first kappa shape index (κ1) is 16.4. The third-order valence-corrected chi connectivity index (χ3v) is 5.85. The van der Waals surface area contributed by atoms with Crippen LogP contribution in [0.5, 0.6) is 0 Å². The molecule has 0 bridgehead atoms. The van der Waals surface area contributed by atoms with Crippen LogP contribution in [0.15, 0.2) is 59.9 Å². The highest BCUT2D eigenvalue weighted by Crippen LogP contribution is 2.48. The van der Waals surface area contributed by atoms with Crippen LogP contribution in [0.2, 0.25) is 0 Å². The summed E-state index contributed by atoms with van der Waals surface area (Å²) in [5, 5.41) is 26.6. The highest BCUT2D eigenvalue weighted by atomic mass is 15.1. The molecule has 0 N–H and O–H groups in total. The van der Waals surface area contributed by atoms with Gasteiger partial charge in [-0.15, -0.1) is 0 Å². The fraction of sp³-hybridized carbons (Fsp3) is 0.174. The number of hydrogen-bond donors (Lipinski definition) is 0. The molecule has 0 atom stereocenters. The van der Waals surface area contributed by atoms with Gasteiger partial charge in [0.15, 0.2) is 0 Å². The van der Waals surface area contributed by atoms with Crippen LogP contribution in [0, 0.1) is 28.2 Å². The number of nitriles is 2. The van der Waals surface area contributed by atoms with Gasteiger partial charge in [-0.05, 0) is 65.3 Å². The van der Waals surface area contributed by atoms with Gasteiger partial charge in [-0.1, -0.05) is 24.3 Å². The van der Waals surface area contributed by atoms with E-state index in [1.165, 1.54) is 16.7 Å². The van der Waals surface area contributed by atoms with Crippen molar-refractivity contribution < 1.29 is 0 Å². The lowest BCUT2D eigenvalue weighted by Gasteiger charge is -2.23. The zero-order valence-corrected chi connectivity index (χ0v) is 15.1. The SMILES string of the molecule is N#C/N=C1\c2cc(-c3cccc(C#N)c3)ccc2CC12Cc1cnncc1C2. The number of hydrogen-bond acceptors (Lipinski definition) is 5. The molecule has 0 saturated heterocycles. The smallest absolute Gasteiger partial charge is 0.192 e. The van der Waals surface area contributed by atoms with Crippen LogP contribution < -0.4 is 0 Å². The molecule has 0 fully saturated rings. The van der Waals surface area contributed by atoms with Crippen LogP contribution in [0.3, 0.4) is 0 Å². The first-order valence-electron chi connectivity index (χ1n) is 9.12. The zero-order chi connectivity index (χ0) is 19.1. The molecule has 0 amide bonds. The Balaban J connectivity index is 1.61. The van der Waals surface area contributed by atoms with Crippen molar-refractivity contribution in [1.82, 2.24) is 10.2 Å². The fourth-order valence-corrected chi connectivity index (χ4v) is 4.64. The summed E-state index contributed by atoms with van der Waals surface area (Å²) in [6.45, 7) is 0. The Morgan fingerprint density at radius 2 is 1.57 bits per heavy atom. The quantitative estimate of drug-likeness (QED) is 0.620. The molecule has 1 heterocycles. The topological polar surface area (TPSA) is 85.7 Å². The summed E-state index contributed by atoms with van der Waals surface area (Å²) >= 11 is 0. The van der Waals surface area contributed by atoms with Gasteiger partial charge in [0, 0.05) is 11.0 Å². The van der Waals surface area contributed by atoms with Gasteiger partial charge in [-0.25, -0.2) is 0 Å². The van der Waals surface area contributed by atoms with E-state index in [-0.39, 0.29) is 5.41 Å². The second-order valence-electron chi connectivity index (χ2n) is 7.48. The van der Waals surface area contributed by atoms with E-state index in [1.54, 1.807) is 6.07 Å². The van der Waals surface area contributed by atoms with E-state index in [4.69, 9.17) is 0 Å². The summed E-state index contributed by atoms with van der Waals surface area (Å²) < 4.78 is 0. The van der Waals surface area contributed by atoms with Gasteiger partial charge in [-0.2, -0.15) is 25.7 Å². The minimum absolute atomic E-state index is 0.196. The Bertz CT molecular complexity index is 1200. The maximum atomic E-state index is 9.37. The molecule has 1 spiro atoms. The predicted molar refractivity (Wildman–Crippen MR) is 104 cm³/mol. The van der Waals surface area contributed by atoms with Crippen molar-refractivity contribution in [3.63, 3.8) is 0 Å². The Kier molecular flexibility index (Phi) is 3.57. The molecule has 0 radical (unpaired) electrons. The molecular formula is C23H15N5. The third-order valence-electron chi connectivity index (χ3n) is 5.85. The number of rotatable bonds is 1. The van der Waals surface area contributed by atoms with E-state index in [0.717, 1.165) is 41.7 Å². The summed E-state index contributed by atoms with van der Waals surface area (Å²) in [6.07, 6.45) is 8.19. The average Bonchev–Trinajstić information content (AvgIpc) is 3.25. The maximum Gasteiger partial charge on any atom is 0.205 e. The fourth-order valence-electron chi connectivity index (χ4n) is 4.64. The Hall–Kier alpha value is -3.83. The van der Waals surface area contributed by atoms with E-state index < -0.39 is 0 Å². The molecule has 5 rings (SSSR count). The second-order valence-corrected chi connectivity index (χ2v) is 7.48. The van der Waals surface area contributed by atoms with E-state index in [9.17, 15) is 10.5 Å². The van der Waals surface area contributed by atoms with E-state index in [1.807, 2.05) is 36.8 Å². The predicted octanol–water partition coefficient (Wildman–Crippen LogP) is 3.63. The number of nitrogens with zero attached hydrogens (tertiary/aromatic N) is 5. The molecular weight excluding hydrogens is 346 g/mol. The Labute approximate surface area is 162 Å². The van der Waals surface area contributed by atoms with Gasteiger partial charge in [0.2, 0.25) is 6.19 Å². The van der Waals surface area contributed by atoms with Crippen LogP contribution in [-0.2, 0) is 19.3 Å². The molecule has 28 heavy (non-hydrogen) atoms. The summed E-state index contributed by atoms with van der Waals surface area (Å²) in [7, 11) is 0. The summed E-state index contributed by atoms with van der Waals surface area (Å²) in [6, 6.07) is 16.1. The molecule has 2 aliphatic rings. The average molecular weight is 361 g/mol. The van der Waals surface area contributed by atoms with Gasteiger partial charge in [0.1, 0.15) is 0 Å².